The van der Waals surface area contributed by atoms with Gasteiger partial charge >= 0.3 is 5.97 Å². The standard InChI is InChI=1S/C17H13ClO2S/c1-2-20-17(19)15-13-8-3-4-9-14(13)21-16(15)11-6-5-7-12(18)10-11/h3-10H,2H2,1H3. The number of ether oxygens (including phenoxy) is 1. The lowest BCUT2D eigenvalue weighted by Crippen LogP contribution is -2.05. The van der Waals surface area contributed by atoms with E-state index in [9.17, 15) is 4.79 Å². The third-order valence-corrected chi connectivity index (χ3v) is 4.62. The molecule has 2 nitrogen and oxygen atoms in total. The number of hydrogen-bond donors (Lipinski definition) is 0. The van der Waals surface area contributed by atoms with Gasteiger partial charge in [-0.2, -0.15) is 0 Å². The van der Waals surface area contributed by atoms with Gasteiger partial charge in [-0.1, -0.05) is 41.9 Å². The maximum Gasteiger partial charge on any atom is 0.340 e. The van der Waals surface area contributed by atoms with Crippen molar-refractivity contribution >= 4 is 39.0 Å². The Kier molecular flexibility index (Phi) is 3.95. The molecule has 21 heavy (non-hydrogen) atoms. The first kappa shape index (κ1) is 14.1. The molecule has 0 saturated carbocycles. The van der Waals surface area contributed by atoms with Crippen molar-refractivity contribution in [2.45, 2.75) is 6.92 Å². The minimum atomic E-state index is -0.287. The van der Waals surface area contributed by atoms with E-state index in [1.807, 2.05) is 55.5 Å². The monoisotopic (exact) mass is 316 g/mol. The lowest BCUT2D eigenvalue weighted by Gasteiger charge is -2.05. The van der Waals surface area contributed by atoms with Gasteiger partial charge < -0.3 is 4.74 Å². The number of fused-ring (bicyclic) bond motifs is 1. The predicted octanol–water partition coefficient (Wildman–Crippen LogP) is 5.40. The number of esters is 1. The second-order valence-corrected chi connectivity index (χ2v) is 6.02. The highest BCUT2D eigenvalue weighted by molar-refractivity contribution is 7.22. The lowest BCUT2D eigenvalue weighted by molar-refractivity contribution is 0.0530. The average molecular weight is 317 g/mol. The molecular weight excluding hydrogens is 304 g/mol. The van der Waals surface area contributed by atoms with Gasteiger partial charge in [-0.05, 0) is 30.7 Å². The molecule has 3 rings (SSSR count). The fourth-order valence-corrected chi connectivity index (χ4v) is 3.66. The quantitative estimate of drug-likeness (QED) is 0.605. The Morgan fingerprint density at radius 3 is 2.76 bits per heavy atom. The largest absolute Gasteiger partial charge is 0.462 e. The Hall–Kier alpha value is -1.84. The SMILES string of the molecule is CCOC(=O)c1c(-c2cccc(Cl)c2)sc2ccccc12. The van der Waals surface area contributed by atoms with Crippen LogP contribution < -0.4 is 0 Å². The number of carbonyl (C=O) groups is 1. The number of thiophene rings is 1. The van der Waals surface area contributed by atoms with E-state index >= 15 is 0 Å². The normalized spacial score (nSPS) is 10.8. The Balaban J connectivity index is 2.26. The molecule has 0 aliphatic rings. The first-order chi connectivity index (χ1) is 10.2. The van der Waals surface area contributed by atoms with Gasteiger partial charge in [-0.25, -0.2) is 4.79 Å². The van der Waals surface area contributed by atoms with E-state index in [-0.39, 0.29) is 5.97 Å². The molecule has 4 heteroatoms. The smallest absolute Gasteiger partial charge is 0.340 e. The van der Waals surface area contributed by atoms with E-state index in [4.69, 9.17) is 16.3 Å². The summed E-state index contributed by atoms with van der Waals surface area (Å²) < 4.78 is 6.29. The van der Waals surface area contributed by atoms with E-state index in [0.29, 0.717) is 17.2 Å². The Labute approximate surface area is 131 Å². The minimum Gasteiger partial charge on any atom is -0.462 e. The molecule has 3 aromatic rings. The molecule has 0 bridgehead atoms. The topological polar surface area (TPSA) is 26.3 Å². The molecule has 2 aromatic carbocycles. The fraction of sp³-hybridized carbons (Fsp3) is 0.118. The van der Waals surface area contributed by atoms with Gasteiger partial charge in [0.15, 0.2) is 0 Å². The highest BCUT2D eigenvalue weighted by atomic mass is 35.5. The van der Waals surface area contributed by atoms with Crippen molar-refractivity contribution in [1.29, 1.82) is 0 Å². The third-order valence-electron chi connectivity index (χ3n) is 3.16. The molecule has 0 aliphatic heterocycles. The van der Waals surface area contributed by atoms with E-state index in [1.54, 1.807) is 11.3 Å². The molecule has 0 unspecified atom stereocenters. The van der Waals surface area contributed by atoms with Gasteiger partial charge in [-0.3, -0.25) is 0 Å². The van der Waals surface area contributed by atoms with Crippen LogP contribution in [0, 0.1) is 0 Å². The number of hydrogen-bond acceptors (Lipinski definition) is 3. The summed E-state index contributed by atoms with van der Waals surface area (Å²) in [7, 11) is 0. The molecular formula is C17H13ClO2S. The molecule has 0 radical (unpaired) electrons. The van der Waals surface area contributed by atoms with Crippen LogP contribution in [-0.4, -0.2) is 12.6 Å². The molecule has 0 aliphatic carbocycles. The van der Waals surface area contributed by atoms with Crippen molar-refractivity contribution in [1.82, 2.24) is 0 Å². The van der Waals surface area contributed by atoms with E-state index in [0.717, 1.165) is 20.5 Å². The van der Waals surface area contributed by atoms with Crippen LogP contribution in [0.4, 0.5) is 0 Å². The number of carbonyl (C=O) groups excluding carboxylic acids is 1. The first-order valence-corrected chi connectivity index (χ1v) is 7.84. The highest BCUT2D eigenvalue weighted by Crippen LogP contribution is 2.39. The van der Waals surface area contributed by atoms with Crippen LogP contribution in [0.2, 0.25) is 5.02 Å². The van der Waals surface area contributed by atoms with Crippen LogP contribution in [0.25, 0.3) is 20.5 Å². The molecule has 0 atom stereocenters. The molecule has 1 aromatic heterocycles. The second-order valence-electron chi connectivity index (χ2n) is 4.53. The Bertz CT molecular complexity index is 807. The van der Waals surface area contributed by atoms with Crippen LogP contribution in [0.1, 0.15) is 17.3 Å². The molecule has 0 saturated heterocycles. The summed E-state index contributed by atoms with van der Waals surface area (Å²) in [6.45, 7) is 2.17. The Morgan fingerprint density at radius 2 is 2.00 bits per heavy atom. The van der Waals surface area contributed by atoms with Gasteiger partial charge in [0.2, 0.25) is 0 Å². The molecule has 0 N–H and O–H groups in total. The van der Waals surface area contributed by atoms with Gasteiger partial charge in [0.05, 0.1) is 17.0 Å². The highest BCUT2D eigenvalue weighted by Gasteiger charge is 2.20. The van der Waals surface area contributed by atoms with Gasteiger partial charge in [-0.15, -0.1) is 11.3 Å². The van der Waals surface area contributed by atoms with Gasteiger partial charge in [0.25, 0.3) is 0 Å². The molecule has 0 fully saturated rings. The molecule has 1 heterocycles. The fourth-order valence-electron chi connectivity index (χ4n) is 2.28. The van der Waals surface area contributed by atoms with Crippen molar-refractivity contribution in [3.63, 3.8) is 0 Å². The Morgan fingerprint density at radius 1 is 1.19 bits per heavy atom. The minimum absolute atomic E-state index is 0.287. The zero-order chi connectivity index (χ0) is 14.8. The van der Waals surface area contributed by atoms with Crippen molar-refractivity contribution in [2.75, 3.05) is 6.61 Å². The average Bonchev–Trinajstić information content (AvgIpc) is 2.87. The summed E-state index contributed by atoms with van der Waals surface area (Å²) >= 11 is 7.66. The number of halogens is 1. The second kappa shape index (κ2) is 5.88. The summed E-state index contributed by atoms with van der Waals surface area (Å²) in [6.07, 6.45) is 0. The predicted molar refractivity (Wildman–Crippen MR) is 88.2 cm³/mol. The summed E-state index contributed by atoms with van der Waals surface area (Å²) in [5, 5.41) is 1.58. The van der Waals surface area contributed by atoms with E-state index in [2.05, 4.69) is 0 Å². The van der Waals surface area contributed by atoms with Crippen molar-refractivity contribution in [2.24, 2.45) is 0 Å². The summed E-state index contributed by atoms with van der Waals surface area (Å²) in [5.41, 5.74) is 1.56. The van der Waals surface area contributed by atoms with Gasteiger partial charge in [0, 0.05) is 15.1 Å². The van der Waals surface area contributed by atoms with Crippen LogP contribution >= 0.6 is 22.9 Å². The maximum absolute atomic E-state index is 12.4. The van der Waals surface area contributed by atoms with E-state index in [1.165, 1.54) is 0 Å². The third kappa shape index (κ3) is 2.67. The van der Waals surface area contributed by atoms with Crippen molar-refractivity contribution in [3.8, 4) is 10.4 Å². The first-order valence-electron chi connectivity index (χ1n) is 6.65. The van der Waals surface area contributed by atoms with E-state index < -0.39 is 0 Å². The molecule has 0 amide bonds. The maximum atomic E-state index is 12.4. The van der Waals surface area contributed by atoms with Crippen LogP contribution in [0.5, 0.6) is 0 Å². The van der Waals surface area contributed by atoms with Crippen molar-refractivity contribution < 1.29 is 9.53 Å². The zero-order valence-electron chi connectivity index (χ0n) is 11.4. The number of benzene rings is 2. The van der Waals surface area contributed by atoms with Crippen LogP contribution in [0.3, 0.4) is 0 Å². The summed E-state index contributed by atoms with van der Waals surface area (Å²) in [5.74, 6) is -0.287. The molecule has 106 valence electrons. The molecule has 0 spiro atoms. The zero-order valence-corrected chi connectivity index (χ0v) is 13.0. The van der Waals surface area contributed by atoms with Crippen LogP contribution in [-0.2, 0) is 4.74 Å². The van der Waals surface area contributed by atoms with Gasteiger partial charge in [0.1, 0.15) is 0 Å². The van der Waals surface area contributed by atoms with Crippen molar-refractivity contribution in [3.05, 3.63) is 59.1 Å². The lowest BCUT2D eigenvalue weighted by atomic mass is 10.1. The summed E-state index contributed by atoms with van der Waals surface area (Å²) in [4.78, 5) is 13.3. The van der Waals surface area contributed by atoms with Crippen LogP contribution in [0.15, 0.2) is 48.5 Å². The number of rotatable bonds is 3. The summed E-state index contributed by atoms with van der Waals surface area (Å²) in [6, 6.07) is 15.4.